The Labute approximate surface area is 64.3 Å². The molecule has 1 amide bonds. The van der Waals surface area contributed by atoms with Crippen LogP contribution in [0.2, 0.25) is 0 Å². The van der Waals surface area contributed by atoms with E-state index >= 15 is 0 Å². The van der Waals surface area contributed by atoms with Gasteiger partial charge in [-0.25, -0.2) is 9.59 Å². The fourth-order valence-corrected chi connectivity index (χ4v) is 0.540. The molecule has 0 heterocycles. The lowest BCUT2D eigenvalue weighted by Crippen LogP contribution is -2.40. The number of ether oxygens (including phenoxy) is 1. The second-order valence-electron chi connectivity index (χ2n) is 1.93. The molecule has 0 saturated carbocycles. The lowest BCUT2D eigenvalue weighted by atomic mass is 10.2. The highest BCUT2D eigenvalue weighted by Crippen LogP contribution is 1.90. The minimum absolute atomic E-state index is 0.338. The van der Waals surface area contributed by atoms with Crippen LogP contribution in [0.3, 0.4) is 0 Å². The summed E-state index contributed by atoms with van der Waals surface area (Å²) in [6.07, 6.45) is -0.385. The van der Waals surface area contributed by atoms with Crippen molar-refractivity contribution in [1.29, 1.82) is 0 Å². The molecule has 0 saturated heterocycles. The van der Waals surface area contributed by atoms with E-state index in [-0.39, 0.29) is 0 Å². The molecule has 2 N–H and O–H groups in total. The third-order valence-electron chi connectivity index (χ3n) is 1.18. The number of carbonyl (C=O) groups is 2. The van der Waals surface area contributed by atoms with Crippen molar-refractivity contribution in [3.63, 3.8) is 0 Å². The molecule has 0 spiro atoms. The molecule has 5 heteroatoms. The summed E-state index contributed by atoms with van der Waals surface area (Å²) in [5.74, 6) is -1.06. The Hall–Kier alpha value is -1.26. The largest absolute Gasteiger partial charge is 0.480 e. The molecule has 0 fully saturated rings. The quantitative estimate of drug-likeness (QED) is 0.620. The summed E-state index contributed by atoms with van der Waals surface area (Å²) in [6, 6.07) is -0.859. The van der Waals surface area contributed by atoms with E-state index in [4.69, 9.17) is 5.11 Å². The summed E-state index contributed by atoms with van der Waals surface area (Å²) in [5, 5.41) is 10.6. The van der Waals surface area contributed by atoms with Gasteiger partial charge in [0.2, 0.25) is 0 Å². The van der Waals surface area contributed by atoms with Gasteiger partial charge in [0, 0.05) is 0 Å². The van der Waals surface area contributed by atoms with Gasteiger partial charge < -0.3 is 15.2 Å². The van der Waals surface area contributed by atoms with Gasteiger partial charge in [0.1, 0.15) is 6.04 Å². The summed E-state index contributed by atoms with van der Waals surface area (Å²) >= 11 is 0. The molecular formula is C6H11NO4. The Kier molecular flexibility index (Phi) is 4.02. The van der Waals surface area contributed by atoms with E-state index in [0.717, 1.165) is 0 Å². The minimum atomic E-state index is -1.06. The number of hydrogen-bond acceptors (Lipinski definition) is 3. The first kappa shape index (κ1) is 9.74. The van der Waals surface area contributed by atoms with Gasteiger partial charge in [-0.3, -0.25) is 0 Å². The van der Waals surface area contributed by atoms with Gasteiger partial charge in [0.15, 0.2) is 0 Å². The average molecular weight is 161 g/mol. The number of carboxylic acids is 1. The predicted octanol–water partition coefficient (Wildman–Crippen LogP) is 0.206. The maximum absolute atomic E-state index is 10.5. The summed E-state index contributed by atoms with van der Waals surface area (Å²) < 4.78 is 4.22. The van der Waals surface area contributed by atoms with E-state index in [1.165, 1.54) is 7.11 Å². The van der Waals surface area contributed by atoms with E-state index in [2.05, 4.69) is 10.1 Å². The van der Waals surface area contributed by atoms with E-state index in [9.17, 15) is 9.59 Å². The molecule has 0 aliphatic heterocycles. The molecule has 1 unspecified atom stereocenters. The molecule has 1 atom stereocenters. The van der Waals surface area contributed by atoms with Crippen LogP contribution in [0, 0.1) is 0 Å². The SMILES string of the molecule is CCC(NC(=O)OC)C(=O)O. The first-order valence-corrected chi connectivity index (χ1v) is 3.19. The van der Waals surface area contributed by atoms with Crippen LogP contribution in [0.25, 0.3) is 0 Å². The molecule has 11 heavy (non-hydrogen) atoms. The van der Waals surface area contributed by atoms with Crippen LogP contribution < -0.4 is 5.32 Å². The fraction of sp³-hybridized carbons (Fsp3) is 0.667. The van der Waals surface area contributed by atoms with Crippen LogP contribution >= 0.6 is 0 Å². The number of carbonyl (C=O) groups excluding carboxylic acids is 1. The number of alkyl carbamates (subject to hydrolysis) is 1. The summed E-state index contributed by atoms with van der Waals surface area (Å²) in [6.45, 7) is 1.66. The van der Waals surface area contributed by atoms with E-state index in [0.29, 0.717) is 6.42 Å². The van der Waals surface area contributed by atoms with Crippen molar-refractivity contribution in [3.05, 3.63) is 0 Å². The van der Waals surface area contributed by atoms with Crippen molar-refractivity contribution in [2.75, 3.05) is 7.11 Å². The van der Waals surface area contributed by atoms with Crippen molar-refractivity contribution in [2.45, 2.75) is 19.4 Å². The number of rotatable bonds is 3. The molecule has 64 valence electrons. The molecule has 0 rings (SSSR count). The first-order valence-electron chi connectivity index (χ1n) is 3.19. The lowest BCUT2D eigenvalue weighted by Gasteiger charge is -2.09. The van der Waals surface area contributed by atoms with Crippen LogP contribution in [0.4, 0.5) is 4.79 Å². The monoisotopic (exact) mass is 161 g/mol. The third kappa shape index (κ3) is 3.44. The normalized spacial score (nSPS) is 11.8. The number of amides is 1. The smallest absolute Gasteiger partial charge is 0.407 e. The minimum Gasteiger partial charge on any atom is -0.480 e. The molecule has 0 aliphatic rings. The number of nitrogens with one attached hydrogen (secondary N) is 1. The number of methoxy groups -OCH3 is 1. The van der Waals surface area contributed by atoms with Gasteiger partial charge in [0.25, 0.3) is 0 Å². The van der Waals surface area contributed by atoms with Gasteiger partial charge in [-0.15, -0.1) is 0 Å². The van der Waals surface area contributed by atoms with Crippen LogP contribution in [-0.4, -0.2) is 30.3 Å². The summed E-state index contributed by atoms with van der Waals surface area (Å²) in [7, 11) is 1.18. The highest BCUT2D eigenvalue weighted by Gasteiger charge is 2.16. The van der Waals surface area contributed by atoms with Crippen molar-refractivity contribution >= 4 is 12.1 Å². The Morgan fingerprint density at radius 2 is 2.18 bits per heavy atom. The van der Waals surface area contributed by atoms with E-state index < -0.39 is 18.1 Å². The number of aliphatic carboxylic acids is 1. The number of hydrogen-bond donors (Lipinski definition) is 2. The average Bonchev–Trinajstić information content (AvgIpc) is 1.99. The number of carboxylic acid groups (broad SMARTS) is 1. The zero-order valence-electron chi connectivity index (χ0n) is 6.46. The van der Waals surface area contributed by atoms with Crippen LogP contribution in [0.1, 0.15) is 13.3 Å². The second-order valence-corrected chi connectivity index (χ2v) is 1.93. The molecule has 0 bridgehead atoms. The highest BCUT2D eigenvalue weighted by atomic mass is 16.5. The molecular weight excluding hydrogens is 150 g/mol. The summed E-state index contributed by atoms with van der Waals surface area (Å²) in [5.41, 5.74) is 0. The van der Waals surface area contributed by atoms with E-state index in [1.54, 1.807) is 6.92 Å². The zero-order chi connectivity index (χ0) is 8.85. The highest BCUT2D eigenvalue weighted by molar-refractivity contribution is 5.79. The Balaban J connectivity index is 3.88. The topological polar surface area (TPSA) is 75.6 Å². The van der Waals surface area contributed by atoms with Gasteiger partial charge in [-0.1, -0.05) is 6.92 Å². The van der Waals surface area contributed by atoms with Gasteiger partial charge >= 0.3 is 12.1 Å². The molecule has 0 aliphatic carbocycles. The standard InChI is InChI=1S/C6H11NO4/c1-3-4(5(8)9)7-6(10)11-2/h4H,3H2,1-2H3,(H,7,10)(H,8,9). The Morgan fingerprint density at radius 3 is 2.45 bits per heavy atom. The Bertz CT molecular complexity index is 157. The predicted molar refractivity (Wildman–Crippen MR) is 37.3 cm³/mol. The van der Waals surface area contributed by atoms with Crippen LogP contribution in [-0.2, 0) is 9.53 Å². The zero-order valence-corrected chi connectivity index (χ0v) is 6.46. The van der Waals surface area contributed by atoms with Crippen molar-refractivity contribution in [1.82, 2.24) is 5.32 Å². The van der Waals surface area contributed by atoms with Crippen LogP contribution in [0.15, 0.2) is 0 Å². The maximum Gasteiger partial charge on any atom is 0.407 e. The third-order valence-corrected chi connectivity index (χ3v) is 1.18. The fourth-order valence-electron chi connectivity index (χ4n) is 0.540. The molecule has 0 aromatic carbocycles. The molecule has 5 nitrogen and oxygen atoms in total. The maximum atomic E-state index is 10.5. The van der Waals surface area contributed by atoms with E-state index in [1.807, 2.05) is 0 Å². The molecule has 0 radical (unpaired) electrons. The van der Waals surface area contributed by atoms with Gasteiger partial charge in [-0.2, -0.15) is 0 Å². The molecule has 0 aromatic rings. The van der Waals surface area contributed by atoms with Crippen molar-refractivity contribution in [3.8, 4) is 0 Å². The first-order chi connectivity index (χ1) is 5.11. The van der Waals surface area contributed by atoms with Gasteiger partial charge in [0.05, 0.1) is 7.11 Å². The van der Waals surface area contributed by atoms with Crippen molar-refractivity contribution < 1.29 is 19.4 Å². The summed E-state index contributed by atoms with van der Waals surface area (Å²) in [4.78, 5) is 20.8. The second kappa shape index (κ2) is 4.54. The van der Waals surface area contributed by atoms with Crippen LogP contribution in [0.5, 0.6) is 0 Å². The van der Waals surface area contributed by atoms with Crippen molar-refractivity contribution in [2.24, 2.45) is 0 Å². The lowest BCUT2D eigenvalue weighted by molar-refractivity contribution is -0.139. The Morgan fingerprint density at radius 1 is 1.64 bits per heavy atom. The molecule has 0 aromatic heterocycles. The van der Waals surface area contributed by atoms with Gasteiger partial charge in [-0.05, 0) is 6.42 Å².